The standard InChI is InChI=1S/C15H11NO2.ClH/c17-14-11-8-4-5-9-12(11)16-13(15(14)18)10-6-2-1-3-7-10;/h1-9,18H,(H,16,17);1H. The van der Waals surface area contributed by atoms with Crippen molar-refractivity contribution in [2.24, 2.45) is 0 Å². The van der Waals surface area contributed by atoms with Gasteiger partial charge >= 0.3 is 0 Å². The number of para-hydroxylation sites is 1. The monoisotopic (exact) mass is 273 g/mol. The second kappa shape index (κ2) is 5.16. The highest BCUT2D eigenvalue weighted by molar-refractivity contribution is 5.85. The van der Waals surface area contributed by atoms with E-state index in [1.54, 1.807) is 12.1 Å². The predicted octanol–water partition coefficient (Wildman–Crippen LogP) is 3.32. The Labute approximate surface area is 115 Å². The Morgan fingerprint density at radius 1 is 0.895 bits per heavy atom. The van der Waals surface area contributed by atoms with Gasteiger partial charge in [0.25, 0.3) is 0 Å². The quantitative estimate of drug-likeness (QED) is 0.715. The van der Waals surface area contributed by atoms with Crippen LogP contribution in [0, 0.1) is 0 Å². The highest BCUT2D eigenvalue weighted by Crippen LogP contribution is 2.25. The molecule has 0 fully saturated rings. The van der Waals surface area contributed by atoms with E-state index in [1.165, 1.54) is 0 Å². The van der Waals surface area contributed by atoms with Crippen LogP contribution in [0.15, 0.2) is 59.4 Å². The third-order valence-electron chi connectivity index (χ3n) is 2.95. The first-order valence-corrected chi connectivity index (χ1v) is 5.67. The molecule has 0 aliphatic rings. The fraction of sp³-hybridized carbons (Fsp3) is 0. The maximum absolute atomic E-state index is 12.1. The smallest absolute Gasteiger partial charge is 0.231 e. The van der Waals surface area contributed by atoms with Crippen molar-refractivity contribution < 1.29 is 5.11 Å². The Hall–Kier alpha value is -2.26. The highest BCUT2D eigenvalue weighted by atomic mass is 35.5. The van der Waals surface area contributed by atoms with E-state index in [2.05, 4.69) is 4.98 Å². The fourth-order valence-electron chi connectivity index (χ4n) is 2.04. The summed E-state index contributed by atoms with van der Waals surface area (Å²) in [6.45, 7) is 0. The summed E-state index contributed by atoms with van der Waals surface area (Å²) in [5.74, 6) is -0.236. The summed E-state index contributed by atoms with van der Waals surface area (Å²) < 4.78 is 0. The van der Waals surface area contributed by atoms with Gasteiger partial charge in [-0.3, -0.25) is 4.79 Å². The molecular formula is C15H12ClNO2. The molecule has 0 saturated carbocycles. The van der Waals surface area contributed by atoms with Crippen molar-refractivity contribution in [3.63, 3.8) is 0 Å². The summed E-state index contributed by atoms with van der Waals surface area (Å²) in [4.78, 5) is 15.2. The number of fused-ring (bicyclic) bond motifs is 1. The summed E-state index contributed by atoms with van der Waals surface area (Å²) in [6, 6.07) is 16.5. The van der Waals surface area contributed by atoms with Crippen LogP contribution in [-0.4, -0.2) is 10.1 Å². The van der Waals surface area contributed by atoms with E-state index >= 15 is 0 Å². The van der Waals surface area contributed by atoms with Gasteiger partial charge < -0.3 is 10.1 Å². The molecular weight excluding hydrogens is 262 g/mol. The van der Waals surface area contributed by atoms with Crippen LogP contribution >= 0.6 is 12.4 Å². The molecule has 2 N–H and O–H groups in total. The normalized spacial score (nSPS) is 10.1. The van der Waals surface area contributed by atoms with Gasteiger partial charge in [0, 0.05) is 16.5 Å². The van der Waals surface area contributed by atoms with Crippen molar-refractivity contribution in [3.8, 4) is 17.0 Å². The molecule has 4 heteroatoms. The molecule has 3 aromatic rings. The number of H-pyrrole nitrogens is 1. The van der Waals surface area contributed by atoms with Crippen LogP contribution in [0.3, 0.4) is 0 Å². The molecule has 0 amide bonds. The number of nitrogens with one attached hydrogen (secondary N) is 1. The molecule has 2 aromatic carbocycles. The van der Waals surface area contributed by atoms with E-state index in [1.807, 2.05) is 42.5 Å². The molecule has 0 bridgehead atoms. The van der Waals surface area contributed by atoms with Gasteiger partial charge in [-0.05, 0) is 12.1 Å². The third kappa shape index (κ3) is 2.20. The first kappa shape index (κ1) is 13.2. The number of halogens is 1. The predicted molar refractivity (Wildman–Crippen MR) is 78.9 cm³/mol. The van der Waals surface area contributed by atoms with Gasteiger partial charge in [0.15, 0.2) is 5.75 Å². The molecule has 0 aliphatic heterocycles. The third-order valence-corrected chi connectivity index (χ3v) is 2.95. The van der Waals surface area contributed by atoms with E-state index in [-0.39, 0.29) is 23.6 Å². The van der Waals surface area contributed by atoms with E-state index in [0.29, 0.717) is 11.1 Å². The Morgan fingerprint density at radius 3 is 2.26 bits per heavy atom. The number of hydrogen-bond acceptors (Lipinski definition) is 2. The van der Waals surface area contributed by atoms with Crippen LogP contribution in [0.1, 0.15) is 0 Å². The summed E-state index contributed by atoms with van der Waals surface area (Å²) >= 11 is 0. The summed E-state index contributed by atoms with van der Waals surface area (Å²) in [6.07, 6.45) is 0. The number of hydrogen-bond donors (Lipinski definition) is 2. The molecule has 0 atom stereocenters. The molecule has 1 aromatic heterocycles. The topological polar surface area (TPSA) is 53.1 Å². The summed E-state index contributed by atoms with van der Waals surface area (Å²) in [5.41, 5.74) is 1.62. The molecule has 0 spiro atoms. The molecule has 0 saturated heterocycles. The van der Waals surface area contributed by atoms with Crippen LogP contribution < -0.4 is 5.43 Å². The lowest BCUT2D eigenvalue weighted by Crippen LogP contribution is -2.04. The average molecular weight is 274 g/mol. The van der Waals surface area contributed by atoms with E-state index in [4.69, 9.17) is 0 Å². The Balaban J connectivity index is 0.00000133. The van der Waals surface area contributed by atoms with Crippen LogP contribution in [0.25, 0.3) is 22.2 Å². The van der Waals surface area contributed by atoms with E-state index in [0.717, 1.165) is 11.1 Å². The van der Waals surface area contributed by atoms with Crippen LogP contribution in [0.5, 0.6) is 5.75 Å². The molecule has 0 radical (unpaired) electrons. The zero-order valence-corrected chi connectivity index (χ0v) is 10.8. The molecule has 0 aliphatic carbocycles. The van der Waals surface area contributed by atoms with Gasteiger partial charge in [-0.15, -0.1) is 12.4 Å². The molecule has 96 valence electrons. The number of benzene rings is 2. The number of pyridine rings is 1. The molecule has 0 unspecified atom stereocenters. The molecule has 19 heavy (non-hydrogen) atoms. The van der Waals surface area contributed by atoms with Gasteiger partial charge in [-0.2, -0.15) is 0 Å². The van der Waals surface area contributed by atoms with Gasteiger partial charge in [0.1, 0.15) is 0 Å². The molecule has 3 rings (SSSR count). The minimum absolute atomic E-state index is 0. The van der Waals surface area contributed by atoms with Crippen LogP contribution in [0.2, 0.25) is 0 Å². The maximum Gasteiger partial charge on any atom is 0.231 e. The van der Waals surface area contributed by atoms with Gasteiger partial charge in [-0.25, -0.2) is 0 Å². The Morgan fingerprint density at radius 2 is 1.53 bits per heavy atom. The van der Waals surface area contributed by atoms with E-state index < -0.39 is 0 Å². The lowest BCUT2D eigenvalue weighted by Gasteiger charge is -2.07. The lowest BCUT2D eigenvalue weighted by atomic mass is 10.1. The number of rotatable bonds is 1. The zero-order valence-electron chi connectivity index (χ0n) is 9.96. The van der Waals surface area contributed by atoms with Crippen LogP contribution in [-0.2, 0) is 0 Å². The Kier molecular flexibility index (Phi) is 3.58. The number of aromatic hydroxyl groups is 1. The number of aromatic nitrogens is 1. The highest BCUT2D eigenvalue weighted by Gasteiger charge is 2.11. The van der Waals surface area contributed by atoms with Crippen molar-refractivity contribution in [2.75, 3.05) is 0 Å². The van der Waals surface area contributed by atoms with Crippen molar-refractivity contribution >= 4 is 23.3 Å². The van der Waals surface area contributed by atoms with Gasteiger partial charge in [0.05, 0.1) is 5.69 Å². The minimum atomic E-state index is -0.344. The first-order chi connectivity index (χ1) is 8.77. The second-order valence-electron chi connectivity index (χ2n) is 4.09. The second-order valence-corrected chi connectivity index (χ2v) is 4.09. The SMILES string of the molecule is Cl.O=c1c(O)c(-c2ccccc2)[nH]c2ccccc12. The van der Waals surface area contributed by atoms with Gasteiger partial charge in [0.2, 0.25) is 5.43 Å². The summed E-state index contributed by atoms with van der Waals surface area (Å²) in [7, 11) is 0. The maximum atomic E-state index is 12.1. The van der Waals surface area contributed by atoms with Crippen LogP contribution in [0.4, 0.5) is 0 Å². The average Bonchev–Trinajstić information content (AvgIpc) is 2.44. The zero-order chi connectivity index (χ0) is 12.5. The van der Waals surface area contributed by atoms with Crippen molar-refractivity contribution in [2.45, 2.75) is 0 Å². The first-order valence-electron chi connectivity index (χ1n) is 5.67. The molecule has 3 nitrogen and oxygen atoms in total. The molecule has 1 heterocycles. The Bertz CT molecular complexity index is 766. The van der Waals surface area contributed by atoms with Gasteiger partial charge in [-0.1, -0.05) is 42.5 Å². The van der Waals surface area contributed by atoms with Crippen molar-refractivity contribution in [1.82, 2.24) is 4.98 Å². The van der Waals surface area contributed by atoms with E-state index in [9.17, 15) is 9.90 Å². The lowest BCUT2D eigenvalue weighted by molar-refractivity contribution is 0.471. The fourth-order valence-corrected chi connectivity index (χ4v) is 2.04. The van der Waals surface area contributed by atoms with Crippen molar-refractivity contribution in [1.29, 1.82) is 0 Å². The summed E-state index contributed by atoms with van der Waals surface area (Å²) in [5, 5.41) is 10.5. The minimum Gasteiger partial charge on any atom is -0.503 e. The number of aromatic amines is 1. The van der Waals surface area contributed by atoms with Crippen molar-refractivity contribution in [3.05, 3.63) is 64.8 Å². The largest absolute Gasteiger partial charge is 0.503 e.